The van der Waals surface area contributed by atoms with Gasteiger partial charge >= 0.3 is 0 Å². The number of pyridine rings is 1. The van der Waals surface area contributed by atoms with Crippen LogP contribution in [0.2, 0.25) is 5.02 Å². The summed E-state index contributed by atoms with van der Waals surface area (Å²) in [5.74, 6) is -4.07. The summed E-state index contributed by atoms with van der Waals surface area (Å²) in [4.78, 5) is 3.82. The van der Waals surface area contributed by atoms with Gasteiger partial charge in [0.05, 0.1) is 16.4 Å². The SMILES string of the molecule is Nc1cc(Cl)cnc1Nc1ccc(F)c(F)c1F. The summed E-state index contributed by atoms with van der Waals surface area (Å²) in [6, 6.07) is 3.24. The lowest BCUT2D eigenvalue weighted by molar-refractivity contribution is 0.449. The van der Waals surface area contributed by atoms with E-state index in [2.05, 4.69) is 10.3 Å². The summed E-state index contributed by atoms with van der Waals surface area (Å²) in [5.41, 5.74) is 5.48. The molecule has 3 N–H and O–H groups in total. The van der Waals surface area contributed by atoms with Crippen molar-refractivity contribution in [2.24, 2.45) is 0 Å². The van der Waals surface area contributed by atoms with Crippen LogP contribution in [0.15, 0.2) is 24.4 Å². The number of aromatic nitrogens is 1. The molecular formula is C11H7ClF3N3. The third-order valence-corrected chi connectivity index (χ3v) is 2.38. The van der Waals surface area contributed by atoms with E-state index in [0.717, 1.165) is 12.1 Å². The molecule has 1 aromatic heterocycles. The molecule has 18 heavy (non-hydrogen) atoms. The Balaban J connectivity index is 2.37. The molecule has 0 unspecified atom stereocenters. The van der Waals surface area contributed by atoms with Crippen molar-refractivity contribution in [1.82, 2.24) is 4.98 Å². The third kappa shape index (κ3) is 2.33. The molecule has 0 bridgehead atoms. The molecule has 2 rings (SSSR count). The second-order valence-corrected chi connectivity index (χ2v) is 3.88. The van der Waals surface area contributed by atoms with Crippen molar-refractivity contribution in [3.05, 3.63) is 46.9 Å². The van der Waals surface area contributed by atoms with Gasteiger partial charge in [-0.2, -0.15) is 0 Å². The molecule has 0 saturated carbocycles. The highest BCUT2D eigenvalue weighted by atomic mass is 35.5. The fourth-order valence-electron chi connectivity index (χ4n) is 1.31. The van der Waals surface area contributed by atoms with E-state index in [1.165, 1.54) is 12.3 Å². The number of nitrogens with two attached hydrogens (primary N) is 1. The molecule has 0 spiro atoms. The Morgan fingerprint density at radius 1 is 1.17 bits per heavy atom. The van der Waals surface area contributed by atoms with Crippen molar-refractivity contribution in [1.29, 1.82) is 0 Å². The molecule has 0 amide bonds. The van der Waals surface area contributed by atoms with Gasteiger partial charge in [0.15, 0.2) is 23.3 Å². The van der Waals surface area contributed by atoms with E-state index in [1.54, 1.807) is 0 Å². The van der Waals surface area contributed by atoms with Crippen molar-refractivity contribution in [2.75, 3.05) is 11.1 Å². The molecule has 0 atom stereocenters. The predicted octanol–water partition coefficient (Wildman–Crippen LogP) is 3.48. The highest BCUT2D eigenvalue weighted by Gasteiger charge is 2.14. The minimum absolute atomic E-state index is 0.101. The lowest BCUT2D eigenvalue weighted by atomic mass is 10.2. The highest BCUT2D eigenvalue weighted by Crippen LogP contribution is 2.26. The van der Waals surface area contributed by atoms with Crippen molar-refractivity contribution >= 4 is 28.8 Å². The molecule has 1 heterocycles. The van der Waals surface area contributed by atoms with Gasteiger partial charge < -0.3 is 11.1 Å². The van der Waals surface area contributed by atoms with Crippen LogP contribution in [0.3, 0.4) is 0 Å². The van der Waals surface area contributed by atoms with Crippen LogP contribution in [0.5, 0.6) is 0 Å². The minimum Gasteiger partial charge on any atom is -0.396 e. The first-order valence-corrected chi connectivity index (χ1v) is 5.18. The average molecular weight is 274 g/mol. The van der Waals surface area contributed by atoms with Crippen LogP contribution in [0, 0.1) is 17.5 Å². The maximum absolute atomic E-state index is 13.4. The van der Waals surface area contributed by atoms with Crippen molar-refractivity contribution in [2.45, 2.75) is 0 Å². The fourth-order valence-corrected chi connectivity index (χ4v) is 1.48. The molecule has 0 fully saturated rings. The number of rotatable bonds is 2. The Morgan fingerprint density at radius 3 is 2.56 bits per heavy atom. The van der Waals surface area contributed by atoms with E-state index in [-0.39, 0.29) is 17.2 Å². The molecule has 1 aromatic carbocycles. The first-order chi connectivity index (χ1) is 8.49. The summed E-state index contributed by atoms with van der Waals surface area (Å²) < 4.78 is 39.1. The average Bonchev–Trinajstić information content (AvgIpc) is 2.33. The molecule has 2 aromatic rings. The standard InChI is InChI=1S/C11H7ClF3N3/c12-5-3-7(16)11(17-4-5)18-8-2-1-6(13)9(14)10(8)15/h1-4H,16H2,(H,17,18). The van der Waals surface area contributed by atoms with Crippen molar-refractivity contribution < 1.29 is 13.2 Å². The summed E-state index contributed by atoms with van der Waals surface area (Å²) in [6.07, 6.45) is 1.29. The maximum atomic E-state index is 13.4. The molecule has 94 valence electrons. The van der Waals surface area contributed by atoms with Gasteiger partial charge in [-0.1, -0.05) is 11.6 Å². The summed E-state index contributed by atoms with van der Waals surface area (Å²) >= 11 is 5.64. The van der Waals surface area contributed by atoms with E-state index in [4.69, 9.17) is 17.3 Å². The molecule has 0 aliphatic carbocycles. The normalized spacial score (nSPS) is 10.4. The van der Waals surface area contributed by atoms with Crippen LogP contribution in [0.1, 0.15) is 0 Å². The summed E-state index contributed by atoms with van der Waals surface area (Å²) in [6.45, 7) is 0. The number of halogens is 4. The fraction of sp³-hybridized carbons (Fsp3) is 0. The van der Waals surface area contributed by atoms with Gasteiger partial charge in [-0.05, 0) is 18.2 Å². The smallest absolute Gasteiger partial charge is 0.196 e. The molecule has 7 heteroatoms. The van der Waals surface area contributed by atoms with Crippen molar-refractivity contribution in [3.63, 3.8) is 0 Å². The number of nitrogen functional groups attached to an aromatic ring is 1. The lowest BCUT2D eigenvalue weighted by Crippen LogP contribution is -2.02. The van der Waals surface area contributed by atoms with Crippen LogP contribution in [-0.2, 0) is 0 Å². The zero-order valence-electron chi connectivity index (χ0n) is 8.85. The first-order valence-electron chi connectivity index (χ1n) is 4.80. The number of nitrogens with zero attached hydrogens (tertiary/aromatic N) is 1. The number of nitrogens with one attached hydrogen (secondary N) is 1. The van der Waals surface area contributed by atoms with Crippen LogP contribution < -0.4 is 11.1 Å². The van der Waals surface area contributed by atoms with Gasteiger partial charge in [0.25, 0.3) is 0 Å². The van der Waals surface area contributed by atoms with Gasteiger partial charge in [-0.3, -0.25) is 0 Å². The zero-order valence-corrected chi connectivity index (χ0v) is 9.60. The highest BCUT2D eigenvalue weighted by molar-refractivity contribution is 6.30. The van der Waals surface area contributed by atoms with E-state index in [1.807, 2.05) is 0 Å². The van der Waals surface area contributed by atoms with E-state index >= 15 is 0 Å². The van der Waals surface area contributed by atoms with Gasteiger partial charge in [0.1, 0.15) is 0 Å². The Kier molecular flexibility index (Phi) is 3.29. The Labute approximate surface area is 105 Å². The largest absolute Gasteiger partial charge is 0.396 e. The zero-order chi connectivity index (χ0) is 13.3. The van der Waals surface area contributed by atoms with E-state index < -0.39 is 17.5 Å². The van der Waals surface area contributed by atoms with Crippen LogP contribution >= 0.6 is 11.6 Å². The molecule has 0 aliphatic rings. The topological polar surface area (TPSA) is 50.9 Å². The predicted molar refractivity (Wildman–Crippen MR) is 63.3 cm³/mol. The van der Waals surface area contributed by atoms with Gasteiger partial charge in [0.2, 0.25) is 0 Å². The number of hydrogen-bond acceptors (Lipinski definition) is 3. The number of benzene rings is 1. The quantitative estimate of drug-likeness (QED) is 0.824. The lowest BCUT2D eigenvalue weighted by Gasteiger charge is -2.09. The maximum Gasteiger partial charge on any atom is 0.196 e. The van der Waals surface area contributed by atoms with Crippen LogP contribution in [0.25, 0.3) is 0 Å². The van der Waals surface area contributed by atoms with Crippen LogP contribution in [0.4, 0.5) is 30.4 Å². The number of hydrogen-bond donors (Lipinski definition) is 2. The second-order valence-electron chi connectivity index (χ2n) is 3.44. The molecule has 3 nitrogen and oxygen atoms in total. The van der Waals surface area contributed by atoms with Gasteiger partial charge in [-0.25, -0.2) is 18.2 Å². The monoisotopic (exact) mass is 273 g/mol. The van der Waals surface area contributed by atoms with Gasteiger partial charge in [0, 0.05) is 6.20 Å². The Bertz CT molecular complexity index is 604. The molecule has 0 saturated heterocycles. The molecule has 0 aliphatic heterocycles. The minimum atomic E-state index is -1.56. The third-order valence-electron chi connectivity index (χ3n) is 2.17. The van der Waals surface area contributed by atoms with Gasteiger partial charge in [-0.15, -0.1) is 0 Å². The molecule has 0 radical (unpaired) electrons. The van der Waals surface area contributed by atoms with Crippen molar-refractivity contribution in [3.8, 4) is 0 Å². The molecular weight excluding hydrogens is 267 g/mol. The Hall–Kier alpha value is -1.95. The van der Waals surface area contributed by atoms with Crippen LogP contribution in [-0.4, -0.2) is 4.98 Å². The van der Waals surface area contributed by atoms with E-state index in [9.17, 15) is 13.2 Å². The first kappa shape index (κ1) is 12.5. The summed E-state index contributed by atoms with van der Waals surface area (Å²) in [5, 5.41) is 2.77. The Morgan fingerprint density at radius 2 is 1.89 bits per heavy atom. The van der Waals surface area contributed by atoms with E-state index in [0.29, 0.717) is 5.02 Å². The second kappa shape index (κ2) is 4.73. The number of anilines is 3. The summed E-state index contributed by atoms with van der Waals surface area (Å²) in [7, 11) is 0.